The summed E-state index contributed by atoms with van der Waals surface area (Å²) in [7, 11) is -0.554. The van der Waals surface area contributed by atoms with E-state index in [1.54, 1.807) is 6.07 Å². The number of alkyl halides is 3. The van der Waals surface area contributed by atoms with Crippen LogP contribution in [0.25, 0.3) is 0 Å². The van der Waals surface area contributed by atoms with E-state index in [0.29, 0.717) is 11.1 Å². The molecule has 2 aromatic carbocycles. The van der Waals surface area contributed by atoms with E-state index >= 15 is 0 Å². The Labute approximate surface area is 204 Å². The van der Waals surface area contributed by atoms with Crippen molar-refractivity contribution in [1.29, 1.82) is 0 Å². The van der Waals surface area contributed by atoms with Gasteiger partial charge in [0.1, 0.15) is 5.41 Å². The zero-order chi connectivity index (χ0) is 25.2. The molecule has 0 aromatic heterocycles. The van der Waals surface area contributed by atoms with Crippen LogP contribution in [0.15, 0.2) is 42.5 Å². The van der Waals surface area contributed by atoms with Crippen LogP contribution >= 0.6 is 0 Å². The summed E-state index contributed by atoms with van der Waals surface area (Å²) in [6.07, 6.45) is 0.0244. The molecule has 1 aliphatic carbocycles. The Kier molecular flexibility index (Phi) is 5.64. The SMILES string of the molecule is CC1(C)OB(c2ccc(C3(C4CCCCC4)C(=O)Nc4c(C(F)(F)F)cccc43)cc2)OC1(C)C. The highest BCUT2D eigenvalue weighted by Crippen LogP contribution is 2.54. The minimum atomic E-state index is -4.55. The molecule has 0 spiro atoms. The van der Waals surface area contributed by atoms with Crippen molar-refractivity contribution in [2.75, 3.05) is 5.32 Å². The number of fused-ring (bicyclic) bond motifs is 1. The number of rotatable bonds is 3. The summed E-state index contributed by atoms with van der Waals surface area (Å²) >= 11 is 0. The molecule has 3 aliphatic rings. The fourth-order valence-corrected chi connectivity index (χ4v) is 5.93. The third-order valence-corrected chi connectivity index (χ3v) is 8.50. The van der Waals surface area contributed by atoms with E-state index in [-0.39, 0.29) is 17.5 Å². The molecule has 35 heavy (non-hydrogen) atoms. The lowest BCUT2D eigenvalue weighted by Gasteiger charge is -2.39. The molecule has 0 bridgehead atoms. The van der Waals surface area contributed by atoms with Gasteiger partial charge in [-0.1, -0.05) is 55.7 Å². The number of halogens is 3. The molecule has 0 radical (unpaired) electrons. The van der Waals surface area contributed by atoms with Crippen LogP contribution in [-0.2, 0) is 25.7 Å². The average Bonchev–Trinajstić information content (AvgIpc) is 3.22. The molecule has 4 nitrogen and oxygen atoms in total. The maximum Gasteiger partial charge on any atom is 0.494 e. The predicted molar refractivity (Wildman–Crippen MR) is 130 cm³/mol. The highest BCUT2D eigenvalue weighted by molar-refractivity contribution is 6.62. The van der Waals surface area contributed by atoms with Crippen molar-refractivity contribution in [1.82, 2.24) is 0 Å². The van der Waals surface area contributed by atoms with Gasteiger partial charge >= 0.3 is 13.3 Å². The topological polar surface area (TPSA) is 47.6 Å². The van der Waals surface area contributed by atoms with Gasteiger partial charge in [-0.2, -0.15) is 13.2 Å². The van der Waals surface area contributed by atoms with Gasteiger partial charge < -0.3 is 14.6 Å². The van der Waals surface area contributed by atoms with Crippen LogP contribution in [0.4, 0.5) is 18.9 Å². The van der Waals surface area contributed by atoms with E-state index in [1.165, 1.54) is 6.07 Å². The van der Waals surface area contributed by atoms with Gasteiger partial charge in [0.05, 0.1) is 22.5 Å². The van der Waals surface area contributed by atoms with E-state index in [2.05, 4.69) is 5.32 Å². The molecule has 8 heteroatoms. The minimum absolute atomic E-state index is 0.0799. The Hall–Kier alpha value is -2.32. The van der Waals surface area contributed by atoms with Crippen molar-refractivity contribution in [3.8, 4) is 0 Å². The van der Waals surface area contributed by atoms with Gasteiger partial charge in [-0.3, -0.25) is 4.79 Å². The summed E-state index contributed by atoms with van der Waals surface area (Å²) in [5.41, 5.74) is -1.09. The van der Waals surface area contributed by atoms with Crippen LogP contribution < -0.4 is 10.8 Å². The molecule has 1 atom stereocenters. The maximum atomic E-state index is 13.8. The third kappa shape index (κ3) is 3.72. The van der Waals surface area contributed by atoms with Crippen molar-refractivity contribution in [2.45, 2.75) is 82.6 Å². The van der Waals surface area contributed by atoms with Gasteiger partial charge in [-0.25, -0.2) is 0 Å². The Morgan fingerprint density at radius 2 is 1.51 bits per heavy atom. The first kappa shape index (κ1) is 24.4. The number of benzene rings is 2. The molecule has 2 aromatic rings. The minimum Gasteiger partial charge on any atom is -0.399 e. The van der Waals surface area contributed by atoms with Crippen LogP contribution in [0.1, 0.15) is 76.5 Å². The van der Waals surface area contributed by atoms with Crippen molar-refractivity contribution in [2.24, 2.45) is 5.92 Å². The molecule has 2 heterocycles. The number of para-hydroxylation sites is 1. The number of amides is 1. The third-order valence-electron chi connectivity index (χ3n) is 8.50. The zero-order valence-electron chi connectivity index (χ0n) is 20.6. The Balaban J connectivity index is 1.61. The first-order valence-corrected chi connectivity index (χ1v) is 12.4. The monoisotopic (exact) mass is 485 g/mol. The highest BCUT2D eigenvalue weighted by atomic mass is 19.4. The summed E-state index contributed by atoms with van der Waals surface area (Å²) < 4.78 is 53.8. The van der Waals surface area contributed by atoms with Gasteiger partial charge in [0.15, 0.2) is 0 Å². The van der Waals surface area contributed by atoms with Gasteiger partial charge in [-0.05, 0) is 69.1 Å². The molecule has 2 aliphatic heterocycles. The van der Waals surface area contributed by atoms with E-state index < -0.39 is 35.5 Å². The van der Waals surface area contributed by atoms with Gasteiger partial charge in [0.2, 0.25) is 5.91 Å². The van der Waals surface area contributed by atoms with E-state index in [1.807, 2.05) is 52.0 Å². The summed E-state index contributed by atoms with van der Waals surface area (Å²) in [5, 5.41) is 2.64. The second-order valence-corrected chi connectivity index (χ2v) is 11.0. The summed E-state index contributed by atoms with van der Waals surface area (Å²) in [4.78, 5) is 13.7. The molecule has 1 N–H and O–H groups in total. The maximum absolute atomic E-state index is 13.8. The van der Waals surface area contributed by atoms with Crippen molar-refractivity contribution in [3.05, 3.63) is 59.2 Å². The lowest BCUT2D eigenvalue weighted by Crippen LogP contribution is -2.44. The molecule has 2 fully saturated rings. The molecule has 1 amide bonds. The fourth-order valence-electron chi connectivity index (χ4n) is 5.93. The summed E-state index contributed by atoms with van der Waals surface area (Å²) in [5.74, 6) is -0.455. The van der Waals surface area contributed by atoms with E-state index in [0.717, 1.165) is 43.6 Å². The number of anilines is 1. The summed E-state index contributed by atoms with van der Waals surface area (Å²) in [6.45, 7) is 7.93. The number of hydrogen-bond acceptors (Lipinski definition) is 3. The lowest BCUT2D eigenvalue weighted by molar-refractivity contribution is -0.136. The van der Waals surface area contributed by atoms with Gasteiger partial charge in [0.25, 0.3) is 0 Å². The standard InChI is InChI=1S/C27H31BF3NO3/c1-24(2)25(3,4)35-28(34-24)19-15-13-18(14-16-19)26(17-9-6-5-7-10-17)20-11-8-12-21(27(29,30)31)22(20)32-23(26)33/h8,11-17H,5-7,9-10H2,1-4H3,(H,32,33). The smallest absolute Gasteiger partial charge is 0.399 e. The van der Waals surface area contributed by atoms with Crippen molar-refractivity contribution < 1.29 is 27.3 Å². The van der Waals surface area contributed by atoms with Crippen molar-refractivity contribution in [3.63, 3.8) is 0 Å². The average molecular weight is 485 g/mol. The highest BCUT2D eigenvalue weighted by Gasteiger charge is 2.56. The molecular formula is C27H31BF3NO3. The molecule has 1 saturated heterocycles. The van der Waals surface area contributed by atoms with Gasteiger partial charge in [-0.15, -0.1) is 0 Å². The van der Waals surface area contributed by atoms with E-state index in [4.69, 9.17) is 9.31 Å². The number of hydrogen-bond donors (Lipinski definition) is 1. The normalized spacial score (nSPS) is 26.0. The Morgan fingerprint density at radius 3 is 2.09 bits per heavy atom. The number of carbonyl (C=O) groups excluding carboxylic acids is 1. The van der Waals surface area contributed by atoms with Crippen LogP contribution in [-0.4, -0.2) is 24.2 Å². The largest absolute Gasteiger partial charge is 0.494 e. The van der Waals surface area contributed by atoms with Crippen LogP contribution in [0.5, 0.6) is 0 Å². The van der Waals surface area contributed by atoms with E-state index in [9.17, 15) is 18.0 Å². The summed E-state index contributed by atoms with van der Waals surface area (Å²) in [6, 6.07) is 11.6. The molecule has 1 saturated carbocycles. The first-order valence-electron chi connectivity index (χ1n) is 12.4. The molecule has 5 rings (SSSR count). The number of carbonyl (C=O) groups is 1. The zero-order valence-corrected chi connectivity index (χ0v) is 20.6. The second kappa shape index (κ2) is 8.10. The van der Waals surface area contributed by atoms with Crippen molar-refractivity contribution >= 4 is 24.2 Å². The Bertz CT molecular complexity index is 1120. The second-order valence-electron chi connectivity index (χ2n) is 11.0. The Morgan fingerprint density at radius 1 is 0.914 bits per heavy atom. The van der Waals surface area contributed by atoms with Gasteiger partial charge in [0, 0.05) is 0 Å². The first-order chi connectivity index (χ1) is 16.4. The quantitative estimate of drug-likeness (QED) is 0.558. The fraction of sp³-hybridized carbons (Fsp3) is 0.519. The lowest BCUT2D eigenvalue weighted by atomic mass is 9.61. The van der Waals surface area contributed by atoms with Crippen LogP contribution in [0.3, 0.4) is 0 Å². The number of nitrogens with one attached hydrogen (secondary N) is 1. The van der Waals surface area contributed by atoms with Crippen LogP contribution in [0.2, 0.25) is 0 Å². The van der Waals surface area contributed by atoms with Crippen LogP contribution in [0, 0.1) is 5.92 Å². The predicted octanol–water partition coefficient (Wildman–Crippen LogP) is 5.82. The molecular weight excluding hydrogens is 454 g/mol. The molecule has 1 unspecified atom stereocenters. The molecule has 186 valence electrons.